The molecule has 1 aromatic rings. The molecule has 0 aromatic carbocycles. The number of fused-ring (bicyclic) bond motifs is 1. The zero-order valence-corrected chi connectivity index (χ0v) is 10.6. The minimum atomic E-state index is 0.0989. The molecule has 17 heavy (non-hydrogen) atoms. The maximum Gasteiger partial charge on any atom is 0.221 e. The first kappa shape index (κ1) is 12.2. The number of carbonyl (C=O) groups is 1. The van der Waals surface area contributed by atoms with E-state index in [1.165, 1.54) is 30.4 Å². The Balaban J connectivity index is 2.06. The molecule has 2 N–H and O–H groups in total. The summed E-state index contributed by atoms with van der Waals surface area (Å²) in [4.78, 5) is 11.2. The Hall–Kier alpha value is -1.29. The quantitative estimate of drug-likeness (QED) is 0.824. The van der Waals surface area contributed by atoms with Crippen molar-refractivity contribution in [2.24, 2.45) is 0 Å². The zero-order chi connectivity index (χ0) is 12.3. The predicted octanol–water partition coefficient (Wildman–Crippen LogP) is 1.22. The number of amides is 1. The highest BCUT2D eigenvalue weighted by Crippen LogP contribution is 2.30. The number of aryl methyl sites for hydroxylation is 2. The number of aromatic nitrogens is 1. The van der Waals surface area contributed by atoms with Gasteiger partial charge in [0.15, 0.2) is 0 Å². The van der Waals surface area contributed by atoms with Gasteiger partial charge in [0.2, 0.25) is 5.91 Å². The van der Waals surface area contributed by atoms with E-state index in [0.29, 0.717) is 12.5 Å². The smallest absolute Gasteiger partial charge is 0.221 e. The Morgan fingerprint density at radius 3 is 3.00 bits per heavy atom. The molecular weight excluding hydrogens is 214 g/mol. The molecule has 0 saturated heterocycles. The second kappa shape index (κ2) is 5.36. The molecule has 1 heterocycles. The Morgan fingerprint density at radius 1 is 1.47 bits per heavy atom. The van der Waals surface area contributed by atoms with Crippen LogP contribution in [0.2, 0.25) is 0 Å². The zero-order valence-electron chi connectivity index (χ0n) is 10.6. The van der Waals surface area contributed by atoms with Crippen LogP contribution in [0.3, 0.4) is 0 Å². The van der Waals surface area contributed by atoms with Gasteiger partial charge in [0.25, 0.3) is 0 Å². The molecule has 0 fully saturated rings. The van der Waals surface area contributed by atoms with Gasteiger partial charge in [-0.3, -0.25) is 4.79 Å². The normalized spacial score (nSPS) is 18.8. The van der Waals surface area contributed by atoms with Gasteiger partial charge in [-0.25, -0.2) is 0 Å². The Labute approximate surface area is 102 Å². The average molecular weight is 235 g/mol. The van der Waals surface area contributed by atoms with Crippen molar-refractivity contribution < 1.29 is 4.79 Å². The molecule has 0 aliphatic heterocycles. The molecule has 1 aliphatic carbocycles. The lowest BCUT2D eigenvalue weighted by Crippen LogP contribution is -2.20. The molecule has 1 amide bonds. The minimum absolute atomic E-state index is 0.0989. The maximum atomic E-state index is 11.2. The Bertz CT molecular complexity index is 397. The van der Waals surface area contributed by atoms with Crippen molar-refractivity contribution in [3.8, 4) is 0 Å². The van der Waals surface area contributed by atoms with Crippen molar-refractivity contribution in [1.29, 1.82) is 0 Å². The number of rotatable bonds is 4. The lowest BCUT2D eigenvalue weighted by atomic mass is 9.91. The van der Waals surface area contributed by atoms with Crippen molar-refractivity contribution in [2.45, 2.75) is 38.3 Å². The fourth-order valence-corrected chi connectivity index (χ4v) is 2.53. The second-order valence-corrected chi connectivity index (χ2v) is 4.63. The SMILES string of the molecule is CNC(=O)CCn1cc2c(c1)C(NC)CCC2. The first-order valence-electron chi connectivity index (χ1n) is 6.31. The van der Waals surface area contributed by atoms with Crippen LogP contribution < -0.4 is 10.6 Å². The van der Waals surface area contributed by atoms with E-state index in [4.69, 9.17) is 0 Å². The summed E-state index contributed by atoms with van der Waals surface area (Å²) in [5.74, 6) is 0.0989. The van der Waals surface area contributed by atoms with E-state index < -0.39 is 0 Å². The minimum Gasteiger partial charge on any atom is -0.359 e. The first-order chi connectivity index (χ1) is 8.24. The molecular formula is C13H21N3O. The third-order valence-electron chi connectivity index (χ3n) is 3.54. The van der Waals surface area contributed by atoms with E-state index in [2.05, 4.69) is 27.6 Å². The van der Waals surface area contributed by atoms with Crippen LogP contribution in [0.5, 0.6) is 0 Å². The van der Waals surface area contributed by atoms with Crippen LogP contribution in [-0.4, -0.2) is 24.6 Å². The number of hydrogen-bond donors (Lipinski definition) is 2. The van der Waals surface area contributed by atoms with E-state index in [9.17, 15) is 4.79 Å². The fourth-order valence-electron chi connectivity index (χ4n) is 2.53. The average Bonchev–Trinajstić information content (AvgIpc) is 2.78. The van der Waals surface area contributed by atoms with Crippen LogP contribution in [0.15, 0.2) is 12.4 Å². The molecule has 0 bridgehead atoms. The van der Waals surface area contributed by atoms with Crippen LogP contribution in [0.25, 0.3) is 0 Å². The summed E-state index contributed by atoms with van der Waals surface area (Å²) < 4.78 is 2.15. The van der Waals surface area contributed by atoms with Crippen molar-refractivity contribution in [2.75, 3.05) is 14.1 Å². The van der Waals surface area contributed by atoms with Crippen LogP contribution in [-0.2, 0) is 17.8 Å². The standard InChI is InChI=1S/C13H21N3O/c1-14-12-5-3-4-10-8-16(9-11(10)12)7-6-13(17)15-2/h8-9,12,14H,3-7H2,1-2H3,(H,15,17). The van der Waals surface area contributed by atoms with Crippen molar-refractivity contribution >= 4 is 5.91 Å². The highest BCUT2D eigenvalue weighted by atomic mass is 16.1. The van der Waals surface area contributed by atoms with E-state index >= 15 is 0 Å². The summed E-state index contributed by atoms with van der Waals surface area (Å²) in [7, 11) is 3.70. The van der Waals surface area contributed by atoms with Crippen molar-refractivity contribution in [3.05, 3.63) is 23.5 Å². The summed E-state index contributed by atoms with van der Waals surface area (Å²) >= 11 is 0. The summed E-state index contributed by atoms with van der Waals surface area (Å²) in [6.07, 6.45) is 8.57. The monoisotopic (exact) mass is 235 g/mol. The van der Waals surface area contributed by atoms with E-state index in [1.807, 2.05) is 7.05 Å². The lowest BCUT2D eigenvalue weighted by molar-refractivity contribution is -0.120. The summed E-state index contributed by atoms with van der Waals surface area (Å²) in [6, 6.07) is 0.486. The molecule has 0 spiro atoms. The molecule has 4 heteroatoms. The largest absolute Gasteiger partial charge is 0.359 e. The van der Waals surface area contributed by atoms with Crippen LogP contribution in [0.4, 0.5) is 0 Å². The van der Waals surface area contributed by atoms with Gasteiger partial charge in [-0.2, -0.15) is 0 Å². The van der Waals surface area contributed by atoms with Gasteiger partial charge >= 0.3 is 0 Å². The molecule has 1 unspecified atom stereocenters. The Kier molecular flexibility index (Phi) is 3.84. The van der Waals surface area contributed by atoms with Crippen molar-refractivity contribution in [1.82, 2.24) is 15.2 Å². The van der Waals surface area contributed by atoms with Gasteiger partial charge in [0.1, 0.15) is 0 Å². The molecule has 1 atom stereocenters. The van der Waals surface area contributed by atoms with Gasteiger partial charge < -0.3 is 15.2 Å². The Morgan fingerprint density at radius 2 is 2.29 bits per heavy atom. The van der Waals surface area contributed by atoms with E-state index in [0.717, 1.165) is 6.54 Å². The molecule has 2 rings (SSSR count). The van der Waals surface area contributed by atoms with Crippen LogP contribution in [0.1, 0.15) is 36.4 Å². The van der Waals surface area contributed by atoms with E-state index in [-0.39, 0.29) is 5.91 Å². The number of nitrogens with one attached hydrogen (secondary N) is 2. The molecule has 4 nitrogen and oxygen atoms in total. The molecule has 1 aliphatic rings. The van der Waals surface area contributed by atoms with Gasteiger partial charge in [0, 0.05) is 38.4 Å². The van der Waals surface area contributed by atoms with Gasteiger partial charge in [-0.1, -0.05) is 0 Å². The number of hydrogen-bond acceptors (Lipinski definition) is 2. The third-order valence-corrected chi connectivity index (χ3v) is 3.54. The number of carbonyl (C=O) groups excluding carboxylic acids is 1. The van der Waals surface area contributed by atoms with E-state index in [1.54, 1.807) is 7.05 Å². The summed E-state index contributed by atoms with van der Waals surface area (Å²) in [5, 5.41) is 6.01. The molecule has 1 aromatic heterocycles. The van der Waals surface area contributed by atoms with Gasteiger partial charge in [-0.05, 0) is 37.4 Å². The fraction of sp³-hybridized carbons (Fsp3) is 0.615. The third kappa shape index (κ3) is 2.69. The first-order valence-corrected chi connectivity index (χ1v) is 6.31. The number of nitrogens with zero attached hydrogens (tertiary/aromatic N) is 1. The summed E-state index contributed by atoms with van der Waals surface area (Å²) in [6.45, 7) is 0.767. The van der Waals surface area contributed by atoms with Crippen molar-refractivity contribution in [3.63, 3.8) is 0 Å². The highest BCUT2D eigenvalue weighted by Gasteiger charge is 2.20. The molecule has 0 saturated carbocycles. The van der Waals surface area contributed by atoms with Crippen LogP contribution in [0, 0.1) is 0 Å². The molecule has 0 radical (unpaired) electrons. The molecule has 94 valence electrons. The maximum absolute atomic E-state index is 11.2. The summed E-state index contributed by atoms with van der Waals surface area (Å²) in [5.41, 5.74) is 2.85. The topological polar surface area (TPSA) is 46.1 Å². The highest BCUT2D eigenvalue weighted by molar-refractivity contribution is 5.75. The van der Waals surface area contributed by atoms with Gasteiger partial charge in [0.05, 0.1) is 0 Å². The predicted molar refractivity (Wildman–Crippen MR) is 67.9 cm³/mol. The second-order valence-electron chi connectivity index (χ2n) is 4.63. The van der Waals surface area contributed by atoms with Crippen LogP contribution >= 0.6 is 0 Å². The van der Waals surface area contributed by atoms with Gasteiger partial charge in [-0.15, -0.1) is 0 Å². The lowest BCUT2D eigenvalue weighted by Gasteiger charge is -2.21.